The number of nitrogens with zero attached hydrogens (tertiary/aromatic N) is 1. The Kier molecular flexibility index (Phi) is 3.76. The summed E-state index contributed by atoms with van der Waals surface area (Å²) >= 11 is 0. The van der Waals surface area contributed by atoms with Crippen LogP contribution in [0.3, 0.4) is 0 Å². The molecule has 0 aromatic carbocycles. The molecule has 0 bridgehead atoms. The van der Waals surface area contributed by atoms with E-state index in [9.17, 15) is 18.0 Å². The van der Waals surface area contributed by atoms with E-state index in [0.29, 0.717) is 0 Å². The number of nitrogens with one attached hydrogen (secondary N) is 1. The first-order valence-corrected chi connectivity index (χ1v) is 5.86. The Bertz CT molecular complexity index is 509. The van der Waals surface area contributed by atoms with Crippen LogP contribution in [0.15, 0.2) is 35.4 Å². The first kappa shape index (κ1) is 14.4. The molecule has 2 heterocycles. The Morgan fingerprint density at radius 2 is 2.20 bits per heavy atom. The van der Waals surface area contributed by atoms with Gasteiger partial charge in [0.25, 0.3) is 0 Å². The topological polar surface area (TPSA) is 50.8 Å². The summed E-state index contributed by atoms with van der Waals surface area (Å²) in [6.07, 6.45) is -0.241. The molecule has 8 heteroatoms. The highest BCUT2D eigenvalue weighted by molar-refractivity contribution is 5.92. The summed E-state index contributed by atoms with van der Waals surface area (Å²) in [4.78, 5) is 11.8. The number of ether oxygens (including phenoxy) is 2. The van der Waals surface area contributed by atoms with Crippen molar-refractivity contribution in [2.24, 2.45) is 0 Å². The van der Waals surface area contributed by atoms with Crippen molar-refractivity contribution in [1.82, 2.24) is 10.4 Å². The van der Waals surface area contributed by atoms with Crippen LogP contribution in [0.4, 0.5) is 13.2 Å². The van der Waals surface area contributed by atoms with Crippen molar-refractivity contribution in [3.05, 3.63) is 35.4 Å². The minimum atomic E-state index is -4.63. The van der Waals surface area contributed by atoms with Gasteiger partial charge in [-0.15, -0.1) is 0 Å². The first-order valence-electron chi connectivity index (χ1n) is 5.86. The Morgan fingerprint density at radius 1 is 1.50 bits per heavy atom. The van der Waals surface area contributed by atoms with E-state index in [-0.39, 0.29) is 18.2 Å². The van der Waals surface area contributed by atoms with E-state index >= 15 is 0 Å². The van der Waals surface area contributed by atoms with Gasteiger partial charge in [-0.2, -0.15) is 13.2 Å². The van der Waals surface area contributed by atoms with E-state index in [1.807, 2.05) is 0 Å². The lowest BCUT2D eigenvalue weighted by Gasteiger charge is -2.25. The maximum absolute atomic E-state index is 13.1. The number of halogens is 3. The smallest absolute Gasteiger partial charge is 0.409 e. The third-order valence-electron chi connectivity index (χ3n) is 2.81. The molecule has 0 aliphatic carbocycles. The van der Waals surface area contributed by atoms with Gasteiger partial charge in [0.15, 0.2) is 6.04 Å². The molecule has 110 valence electrons. The summed E-state index contributed by atoms with van der Waals surface area (Å²) in [6, 6.07) is -2.13. The van der Waals surface area contributed by atoms with Crippen LogP contribution >= 0.6 is 0 Å². The van der Waals surface area contributed by atoms with Crippen molar-refractivity contribution >= 4 is 5.97 Å². The largest absolute Gasteiger partial charge is 0.481 e. The maximum Gasteiger partial charge on any atom is 0.409 e. The molecule has 1 atom stereocenters. The molecule has 20 heavy (non-hydrogen) atoms. The van der Waals surface area contributed by atoms with E-state index in [1.165, 1.54) is 32.3 Å². The highest BCUT2D eigenvalue weighted by atomic mass is 19.4. The molecule has 1 unspecified atom stereocenters. The lowest BCUT2D eigenvalue weighted by molar-refractivity contribution is -0.159. The van der Waals surface area contributed by atoms with Gasteiger partial charge in [-0.25, -0.2) is 15.2 Å². The maximum atomic E-state index is 13.1. The van der Waals surface area contributed by atoms with Crippen molar-refractivity contribution in [2.75, 3.05) is 13.7 Å². The molecule has 2 rings (SSSR count). The van der Waals surface area contributed by atoms with Crippen molar-refractivity contribution in [3.63, 3.8) is 0 Å². The van der Waals surface area contributed by atoms with Gasteiger partial charge in [0.05, 0.1) is 25.0 Å². The molecule has 0 saturated carbocycles. The predicted molar refractivity (Wildman–Crippen MR) is 62.7 cm³/mol. The normalized spacial score (nSPS) is 21.8. The van der Waals surface area contributed by atoms with Crippen LogP contribution in [0.2, 0.25) is 0 Å². The minimum Gasteiger partial charge on any atom is -0.481 e. The molecule has 5 nitrogen and oxygen atoms in total. The Labute approximate surface area is 113 Å². The third-order valence-corrected chi connectivity index (χ3v) is 2.81. The number of hydrogen-bond acceptors (Lipinski definition) is 5. The van der Waals surface area contributed by atoms with Gasteiger partial charge in [0.2, 0.25) is 5.88 Å². The quantitative estimate of drug-likeness (QED) is 0.800. The molecule has 0 amide bonds. The van der Waals surface area contributed by atoms with E-state index in [2.05, 4.69) is 5.43 Å². The molecular weight excluding hydrogens is 277 g/mol. The van der Waals surface area contributed by atoms with E-state index < -0.39 is 23.8 Å². The number of carbonyl (C=O) groups is 1. The summed E-state index contributed by atoms with van der Waals surface area (Å²) in [5.74, 6) is -0.835. The van der Waals surface area contributed by atoms with Crippen molar-refractivity contribution in [2.45, 2.75) is 19.1 Å². The Hall–Kier alpha value is -1.96. The van der Waals surface area contributed by atoms with Crippen LogP contribution < -0.4 is 5.43 Å². The highest BCUT2D eigenvalue weighted by Gasteiger charge is 2.52. The van der Waals surface area contributed by atoms with Crippen LogP contribution in [0.1, 0.15) is 6.92 Å². The predicted octanol–water partition coefficient (Wildman–Crippen LogP) is 1.61. The third kappa shape index (κ3) is 2.38. The molecule has 2 aliphatic heterocycles. The first-order chi connectivity index (χ1) is 9.40. The summed E-state index contributed by atoms with van der Waals surface area (Å²) in [5.41, 5.74) is 1.81. The molecule has 0 fully saturated rings. The summed E-state index contributed by atoms with van der Waals surface area (Å²) in [6.45, 7) is 1.53. The van der Waals surface area contributed by atoms with Crippen molar-refractivity contribution in [1.29, 1.82) is 0 Å². The fourth-order valence-corrected chi connectivity index (χ4v) is 2.00. The average molecular weight is 290 g/mol. The summed E-state index contributed by atoms with van der Waals surface area (Å²) in [7, 11) is 1.33. The number of hydrazine groups is 1. The molecule has 2 aliphatic rings. The summed E-state index contributed by atoms with van der Waals surface area (Å²) < 4.78 is 48.9. The fourth-order valence-electron chi connectivity index (χ4n) is 2.00. The van der Waals surface area contributed by atoms with Gasteiger partial charge in [0.1, 0.15) is 0 Å². The van der Waals surface area contributed by atoms with Crippen LogP contribution in [0, 0.1) is 0 Å². The second-order valence-electron chi connectivity index (χ2n) is 4.03. The molecule has 0 aromatic heterocycles. The number of alkyl halides is 3. The Balaban J connectivity index is 2.46. The van der Waals surface area contributed by atoms with Gasteiger partial charge in [0, 0.05) is 0 Å². The Morgan fingerprint density at radius 3 is 2.75 bits per heavy atom. The molecule has 0 spiro atoms. The van der Waals surface area contributed by atoms with Crippen LogP contribution in [0.25, 0.3) is 0 Å². The van der Waals surface area contributed by atoms with E-state index in [1.54, 1.807) is 0 Å². The van der Waals surface area contributed by atoms with E-state index in [4.69, 9.17) is 9.47 Å². The SMILES string of the molecule is CCOC(=O)C1=C2C=CC=C(OC)N2NC1C(F)(F)F. The number of methoxy groups -OCH3 is 1. The second kappa shape index (κ2) is 5.20. The zero-order valence-electron chi connectivity index (χ0n) is 10.8. The zero-order chi connectivity index (χ0) is 14.9. The molecule has 1 N–H and O–H groups in total. The van der Waals surface area contributed by atoms with Gasteiger partial charge in [-0.05, 0) is 19.1 Å². The van der Waals surface area contributed by atoms with E-state index in [0.717, 1.165) is 5.01 Å². The van der Waals surface area contributed by atoms with Crippen LogP contribution in [0.5, 0.6) is 0 Å². The number of fused-ring (bicyclic) bond motifs is 1. The standard InChI is InChI=1S/C12H13F3N2O3/c1-3-20-11(18)9-7-5-4-6-8(19-2)17(7)16-10(9)12(13,14)15/h4-6,10,16H,3H2,1-2H3. The van der Waals surface area contributed by atoms with Crippen molar-refractivity contribution < 1.29 is 27.4 Å². The minimum absolute atomic E-state index is 0.00310. The molecule has 0 aromatic rings. The number of rotatable bonds is 3. The number of carbonyl (C=O) groups excluding carboxylic acids is 1. The molecular formula is C12H13F3N2O3. The van der Waals surface area contributed by atoms with Crippen LogP contribution in [-0.2, 0) is 14.3 Å². The second-order valence-corrected chi connectivity index (χ2v) is 4.03. The number of allylic oxidation sites excluding steroid dienone is 3. The van der Waals surface area contributed by atoms with Crippen LogP contribution in [-0.4, -0.2) is 36.9 Å². The van der Waals surface area contributed by atoms with Gasteiger partial charge in [-0.3, -0.25) is 0 Å². The number of hydrogen-bond donors (Lipinski definition) is 1. The molecule has 0 saturated heterocycles. The van der Waals surface area contributed by atoms with Gasteiger partial charge in [-0.1, -0.05) is 6.08 Å². The monoisotopic (exact) mass is 290 g/mol. The highest BCUT2D eigenvalue weighted by Crippen LogP contribution is 2.36. The van der Waals surface area contributed by atoms with Gasteiger partial charge >= 0.3 is 12.1 Å². The fraction of sp³-hybridized carbons (Fsp3) is 0.417. The lowest BCUT2D eigenvalue weighted by Crippen LogP contribution is -2.46. The molecule has 0 radical (unpaired) electrons. The zero-order valence-corrected chi connectivity index (χ0v) is 10.8. The average Bonchev–Trinajstić information content (AvgIpc) is 2.78. The number of esters is 1. The lowest BCUT2D eigenvalue weighted by atomic mass is 10.1. The summed E-state index contributed by atoms with van der Waals surface area (Å²) in [5, 5.41) is 1.09. The van der Waals surface area contributed by atoms with Gasteiger partial charge < -0.3 is 9.47 Å². The van der Waals surface area contributed by atoms with Crippen molar-refractivity contribution in [3.8, 4) is 0 Å².